The Balaban J connectivity index is 1.42. The lowest BCUT2D eigenvalue weighted by atomic mass is 10.3. The summed E-state index contributed by atoms with van der Waals surface area (Å²) < 4.78 is 7.66. The summed E-state index contributed by atoms with van der Waals surface area (Å²) in [5, 5.41) is 3.36. The zero-order valence-electron chi connectivity index (χ0n) is 13.4. The third kappa shape index (κ3) is 4.00. The van der Waals surface area contributed by atoms with E-state index in [0.717, 1.165) is 25.3 Å². The van der Waals surface area contributed by atoms with Crippen molar-refractivity contribution in [3.05, 3.63) is 76.7 Å². The lowest BCUT2D eigenvalue weighted by Crippen LogP contribution is -2.10. The average Bonchev–Trinajstić information content (AvgIpc) is 3.27. The van der Waals surface area contributed by atoms with E-state index in [0.29, 0.717) is 10.9 Å². The Morgan fingerprint density at radius 3 is 2.85 bits per heavy atom. The summed E-state index contributed by atoms with van der Waals surface area (Å²) in [5.41, 5.74) is 0.855. The Morgan fingerprint density at radius 2 is 2.00 bits per heavy atom. The standard InChI is InChI=1S/C19H13BrN2O2S2/c20-12-6-8-15-17(10-12)26-19(21-15)22-18(23)16-9-7-13(24-16)11-25-14-4-2-1-3-5-14/h1-10H,11H2,(H,21,22,23). The molecular weight excluding hydrogens is 432 g/mol. The number of thiazole rings is 1. The molecule has 0 aliphatic carbocycles. The molecule has 0 fully saturated rings. The maximum atomic E-state index is 12.4. The van der Waals surface area contributed by atoms with Gasteiger partial charge >= 0.3 is 0 Å². The first-order chi connectivity index (χ1) is 12.7. The molecule has 0 aliphatic rings. The van der Waals surface area contributed by atoms with E-state index in [1.807, 2.05) is 54.6 Å². The fourth-order valence-electron chi connectivity index (χ4n) is 2.36. The predicted molar refractivity (Wildman–Crippen MR) is 110 cm³/mol. The normalized spacial score (nSPS) is 11.0. The highest BCUT2D eigenvalue weighted by atomic mass is 79.9. The van der Waals surface area contributed by atoms with E-state index in [-0.39, 0.29) is 11.7 Å². The lowest BCUT2D eigenvalue weighted by Gasteiger charge is -1.99. The minimum atomic E-state index is -0.293. The van der Waals surface area contributed by atoms with Crippen molar-refractivity contribution in [2.24, 2.45) is 0 Å². The van der Waals surface area contributed by atoms with Gasteiger partial charge < -0.3 is 4.42 Å². The molecule has 7 heteroatoms. The highest BCUT2D eigenvalue weighted by Gasteiger charge is 2.14. The number of carbonyl (C=O) groups excluding carboxylic acids is 1. The average molecular weight is 445 g/mol. The fourth-order valence-corrected chi connectivity index (χ4v) is 4.59. The van der Waals surface area contributed by atoms with Crippen LogP contribution >= 0.6 is 39.0 Å². The van der Waals surface area contributed by atoms with Crippen molar-refractivity contribution in [1.82, 2.24) is 4.98 Å². The van der Waals surface area contributed by atoms with Crippen LogP contribution in [0.3, 0.4) is 0 Å². The van der Waals surface area contributed by atoms with Crippen LogP contribution in [0.2, 0.25) is 0 Å². The molecule has 0 atom stereocenters. The summed E-state index contributed by atoms with van der Waals surface area (Å²) in [6.07, 6.45) is 0. The maximum absolute atomic E-state index is 12.4. The molecule has 0 saturated heterocycles. The van der Waals surface area contributed by atoms with Gasteiger partial charge in [-0.3, -0.25) is 10.1 Å². The monoisotopic (exact) mass is 444 g/mol. The van der Waals surface area contributed by atoms with Gasteiger partial charge in [0, 0.05) is 9.37 Å². The molecule has 4 rings (SSSR count). The van der Waals surface area contributed by atoms with E-state index in [4.69, 9.17) is 4.42 Å². The van der Waals surface area contributed by atoms with E-state index in [2.05, 4.69) is 26.2 Å². The third-order valence-electron chi connectivity index (χ3n) is 3.58. The van der Waals surface area contributed by atoms with Gasteiger partial charge in [0.2, 0.25) is 0 Å². The molecular formula is C19H13BrN2O2S2. The number of halogens is 1. The Hall–Kier alpha value is -2.09. The van der Waals surface area contributed by atoms with Gasteiger partial charge in [-0.2, -0.15) is 0 Å². The number of hydrogen-bond acceptors (Lipinski definition) is 5. The highest BCUT2D eigenvalue weighted by molar-refractivity contribution is 9.10. The lowest BCUT2D eigenvalue weighted by molar-refractivity contribution is 0.0995. The van der Waals surface area contributed by atoms with Gasteiger partial charge in [-0.1, -0.05) is 45.5 Å². The van der Waals surface area contributed by atoms with Gasteiger partial charge in [-0.25, -0.2) is 4.98 Å². The molecule has 2 heterocycles. The van der Waals surface area contributed by atoms with E-state index in [1.165, 1.54) is 11.3 Å². The van der Waals surface area contributed by atoms with Crippen molar-refractivity contribution < 1.29 is 9.21 Å². The van der Waals surface area contributed by atoms with Crippen LogP contribution in [0.4, 0.5) is 5.13 Å². The van der Waals surface area contributed by atoms with Crippen molar-refractivity contribution in [2.45, 2.75) is 10.6 Å². The summed E-state index contributed by atoms with van der Waals surface area (Å²) in [4.78, 5) is 18.0. The van der Waals surface area contributed by atoms with Crippen molar-refractivity contribution >= 4 is 60.3 Å². The largest absolute Gasteiger partial charge is 0.455 e. The zero-order chi connectivity index (χ0) is 17.9. The molecule has 4 nitrogen and oxygen atoms in total. The Morgan fingerprint density at radius 1 is 1.15 bits per heavy atom. The van der Waals surface area contributed by atoms with Gasteiger partial charge in [0.15, 0.2) is 10.9 Å². The highest BCUT2D eigenvalue weighted by Crippen LogP contribution is 2.29. The molecule has 4 aromatic rings. The molecule has 1 N–H and O–H groups in total. The number of nitrogens with one attached hydrogen (secondary N) is 1. The van der Waals surface area contributed by atoms with Crippen LogP contribution in [-0.4, -0.2) is 10.9 Å². The van der Waals surface area contributed by atoms with E-state index in [9.17, 15) is 4.79 Å². The van der Waals surface area contributed by atoms with Gasteiger partial charge in [0.25, 0.3) is 5.91 Å². The predicted octanol–water partition coefficient (Wildman–Crippen LogP) is 6.20. The van der Waals surface area contributed by atoms with Crippen LogP contribution in [-0.2, 0) is 5.75 Å². The summed E-state index contributed by atoms with van der Waals surface area (Å²) in [5.74, 6) is 1.43. The zero-order valence-corrected chi connectivity index (χ0v) is 16.7. The number of hydrogen-bond donors (Lipinski definition) is 1. The quantitative estimate of drug-likeness (QED) is 0.372. The fraction of sp³-hybridized carbons (Fsp3) is 0.0526. The molecule has 2 aromatic heterocycles. The SMILES string of the molecule is O=C(Nc1nc2ccc(Br)cc2s1)c1ccc(CSc2ccccc2)o1. The summed E-state index contributed by atoms with van der Waals surface area (Å²) in [6.45, 7) is 0. The Bertz CT molecular complexity index is 1060. The van der Waals surface area contributed by atoms with Crippen LogP contribution in [0.15, 0.2) is 74.4 Å². The number of aromatic nitrogens is 1. The van der Waals surface area contributed by atoms with Crippen molar-refractivity contribution in [2.75, 3.05) is 5.32 Å². The summed E-state index contributed by atoms with van der Waals surface area (Å²) in [7, 11) is 0. The number of benzene rings is 2. The number of fused-ring (bicyclic) bond motifs is 1. The number of carbonyl (C=O) groups is 1. The van der Waals surface area contributed by atoms with Crippen LogP contribution < -0.4 is 5.32 Å². The smallest absolute Gasteiger partial charge is 0.293 e. The van der Waals surface area contributed by atoms with E-state index >= 15 is 0 Å². The van der Waals surface area contributed by atoms with E-state index in [1.54, 1.807) is 17.8 Å². The van der Waals surface area contributed by atoms with Crippen molar-refractivity contribution in [1.29, 1.82) is 0 Å². The number of rotatable bonds is 5. The summed E-state index contributed by atoms with van der Waals surface area (Å²) >= 11 is 6.53. The second kappa shape index (κ2) is 7.65. The van der Waals surface area contributed by atoms with Crippen molar-refractivity contribution in [3.8, 4) is 0 Å². The van der Waals surface area contributed by atoms with Gasteiger partial charge in [-0.05, 0) is 42.5 Å². The molecule has 0 saturated carbocycles. The van der Waals surface area contributed by atoms with E-state index < -0.39 is 0 Å². The first kappa shape index (κ1) is 17.3. The maximum Gasteiger partial charge on any atom is 0.293 e. The molecule has 130 valence electrons. The molecule has 1 amide bonds. The van der Waals surface area contributed by atoms with Crippen LogP contribution in [0.25, 0.3) is 10.2 Å². The van der Waals surface area contributed by atoms with Gasteiger partial charge in [0.1, 0.15) is 5.76 Å². The minimum Gasteiger partial charge on any atom is -0.455 e. The second-order valence-electron chi connectivity index (χ2n) is 5.45. The number of amides is 1. The summed E-state index contributed by atoms with van der Waals surface area (Å²) in [6, 6.07) is 19.4. The molecule has 0 spiro atoms. The Kier molecular flexibility index (Phi) is 5.10. The number of furan rings is 1. The molecule has 0 unspecified atom stereocenters. The Labute approximate surface area is 166 Å². The number of anilines is 1. The first-order valence-corrected chi connectivity index (χ1v) is 10.4. The van der Waals surface area contributed by atoms with Gasteiger partial charge in [0.05, 0.1) is 16.0 Å². The first-order valence-electron chi connectivity index (χ1n) is 7.81. The van der Waals surface area contributed by atoms with Gasteiger partial charge in [-0.15, -0.1) is 11.8 Å². The molecule has 0 aliphatic heterocycles. The molecule has 0 radical (unpaired) electrons. The molecule has 26 heavy (non-hydrogen) atoms. The second-order valence-corrected chi connectivity index (χ2v) is 8.45. The minimum absolute atomic E-state index is 0.286. The molecule has 2 aromatic carbocycles. The van der Waals surface area contributed by atoms with Crippen LogP contribution in [0.1, 0.15) is 16.3 Å². The van der Waals surface area contributed by atoms with Crippen LogP contribution in [0.5, 0.6) is 0 Å². The third-order valence-corrected chi connectivity index (χ3v) is 6.04. The number of thioether (sulfide) groups is 1. The van der Waals surface area contributed by atoms with Crippen LogP contribution in [0, 0.1) is 0 Å². The number of nitrogens with zero attached hydrogens (tertiary/aromatic N) is 1. The van der Waals surface area contributed by atoms with Crippen molar-refractivity contribution in [3.63, 3.8) is 0 Å². The molecule has 0 bridgehead atoms. The topological polar surface area (TPSA) is 55.1 Å².